The van der Waals surface area contributed by atoms with Gasteiger partial charge >= 0.3 is 0 Å². The Balaban J connectivity index is 1.62. The highest BCUT2D eigenvalue weighted by Gasteiger charge is 2.20. The van der Waals surface area contributed by atoms with Crippen LogP contribution in [-0.4, -0.2) is 6.04 Å². The summed E-state index contributed by atoms with van der Waals surface area (Å²) in [6.07, 6.45) is 1.95. The van der Waals surface area contributed by atoms with Gasteiger partial charge in [0.25, 0.3) is 0 Å². The highest BCUT2D eigenvalue weighted by molar-refractivity contribution is 9.10. The van der Waals surface area contributed by atoms with Crippen LogP contribution < -0.4 is 5.32 Å². The van der Waals surface area contributed by atoms with Crippen molar-refractivity contribution in [1.29, 1.82) is 0 Å². The van der Waals surface area contributed by atoms with Crippen molar-refractivity contribution in [2.75, 3.05) is 0 Å². The number of halogens is 3. The van der Waals surface area contributed by atoms with Crippen LogP contribution in [0.2, 0.25) is 0 Å². The van der Waals surface area contributed by atoms with Crippen LogP contribution in [0.15, 0.2) is 40.9 Å². The van der Waals surface area contributed by atoms with Crippen molar-refractivity contribution in [3.8, 4) is 0 Å². The molecule has 0 saturated carbocycles. The first-order valence-corrected chi connectivity index (χ1v) is 7.36. The van der Waals surface area contributed by atoms with Crippen LogP contribution in [0.5, 0.6) is 0 Å². The number of benzene rings is 2. The predicted octanol–water partition coefficient (Wildman–Crippen LogP) is 3.98. The van der Waals surface area contributed by atoms with E-state index in [9.17, 15) is 8.78 Å². The molecule has 3 rings (SSSR count). The third kappa shape index (κ3) is 2.91. The van der Waals surface area contributed by atoms with Crippen molar-refractivity contribution >= 4 is 15.9 Å². The summed E-state index contributed by atoms with van der Waals surface area (Å²) in [5.41, 5.74) is 3.47. The van der Waals surface area contributed by atoms with E-state index in [1.54, 1.807) is 6.07 Å². The van der Waals surface area contributed by atoms with Crippen molar-refractivity contribution in [3.05, 3.63) is 69.2 Å². The molecule has 20 heavy (non-hydrogen) atoms. The van der Waals surface area contributed by atoms with Crippen LogP contribution in [-0.2, 0) is 19.4 Å². The minimum absolute atomic E-state index is 0.354. The fourth-order valence-corrected chi connectivity index (χ4v) is 3.05. The maximum Gasteiger partial charge on any atom is 0.159 e. The molecule has 1 N–H and O–H groups in total. The average molecular weight is 338 g/mol. The monoisotopic (exact) mass is 337 g/mol. The van der Waals surface area contributed by atoms with Gasteiger partial charge in [-0.05, 0) is 53.8 Å². The summed E-state index contributed by atoms with van der Waals surface area (Å²) in [5, 5.41) is 3.41. The van der Waals surface area contributed by atoms with E-state index in [0.717, 1.165) is 22.9 Å². The molecule has 104 valence electrons. The maximum atomic E-state index is 13.1. The van der Waals surface area contributed by atoms with E-state index in [2.05, 4.69) is 39.4 Å². The molecule has 0 fully saturated rings. The zero-order valence-electron chi connectivity index (χ0n) is 10.8. The van der Waals surface area contributed by atoms with Crippen LogP contribution >= 0.6 is 15.9 Å². The Morgan fingerprint density at radius 2 is 1.80 bits per heavy atom. The van der Waals surface area contributed by atoms with Crippen molar-refractivity contribution in [1.82, 2.24) is 5.32 Å². The number of nitrogens with one attached hydrogen (secondary N) is 1. The van der Waals surface area contributed by atoms with Gasteiger partial charge in [-0.25, -0.2) is 8.78 Å². The highest BCUT2D eigenvalue weighted by Crippen LogP contribution is 2.25. The van der Waals surface area contributed by atoms with Crippen LogP contribution in [0.1, 0.15) is 16.7 Å². The average Bonchev–Trinajstić information content (AvgIpc) is 2.82. The van der Waals surface area contributed by atoms with Crippen molar-refractivity contribution in [3.63, 3.8) is 0 Å². The van der Waals surface area contributed by atoms with E-state index >= 15 is 0 Å². The van der Waals surface area contributed by atoms with Gasteiger partial charge in [0.2, 0.25) is 0 Å². The standard InChI is InChI=1S/C16H14BrF2N/c17-13-3-2-11-7-14(8-12(11)6-13)20-9-10-1-4-15(18)16(19)5-10/h1-6,14,20H,7-9H2. The second-order valence-electron chi connectivity index (χ2n) is 5.15. The smallest absolute Gasteiger partial charge is 0.159 e. The van der Waals surface area contributed by atoms with E-state index in [1.165, 1.54) is 23.3 Å². The molecule has 1 atom stereocenters. The van der Waals surface area contributed by atoms with Crippen LogP contribution in [0.3, 0.4) is 0 Å². The van der Waals surface area contributed by atoms with E-state index in [4.69, 9.17) is 0 Å². The Labute approximate surface area is 125 Å². The summed E-state index contributed by atoms with van der Waals surface area (Å²) in [4.78, 5) is 0. The summed E-state index contributed by atoms with van der Waals surface area (Å²) >= 11 is 3.48. The van der Waals surface area contributed by atoms with Crippen molar-refractivity contribution < 1.29 is 8.78 Å². The molecule has 0 aliphatic heterocycles. The molecule has 0 radical (unpaired) electrons. The first-order chi connectivity index (χ1) is 9.61. The Bertz CT molecular complexity index is 642. The number of fused-ring (bicyclic) bond motifs is 1. The maximum absolute atomic E-state index is 13.1. The Morgan fingerprint density at radius 1 is 1.00 bits per heavy atom. The van der Waals surface area contributed by atoms with Gasteiger partial charge in [0.15, 0.2) is 11.6 Å². The zero-order valence-corrected chi connectivity index (χ0v) is 12.4. The predicted molar refractivity (Wildman–Crippen MR) is 78.5 cm³/mol. The van der Waals surface area contributed by atoms with Crippen LogP contribution in [0.25, 0.3) is 0 Å². The van der Waals surface area contributed by atoms with Gasteiger partial charge in [-0.2, -0.15) is 0 Å². The van der Waals surface area contributed by atoms with Crippen LogP contribution in [0.4, 0.5) is 8.78 Å². The fraction of sp³-hybridized carbons (Fsp3) is 0.250. The molecule has 1 aliphatic rings. The molecule has 0 heterocycles. The normalized spacial score (nSPS) is 17.2. The fourth-order valence-electron chi connectivity index (χ4n) is 2.64. The molecule has 4 heteroatoms. The molecule has 0 aromatic heterocycles. The Hall–Kier alpha value is -1.26. The summed E-state index contributed by atoms with van der Waals surface area (Å²) in [6, 6.07) is 10.7. The van der Waals surface area contributed by atoms with Gasteiger partial charge in [-0.3, -0.25) is 0 Å². The minimum atomic E-state index is -0.799. The molecule has 0 saturated heterocycles. The summed E-state index contributed by atoms with van der Waals surface area (Å²) in [5.74, 6) is -1.59. The summed E-state index contributed by atoms with van der Waals surface area (Å²) in [6.45, 7) is 0.553. The molecule has 0 spiro atoms. The molecule has 2 aromatic rings. The van der Waals surface area contributed by atoms with Gasteiger partial charge in [-0.15, -0.1) is 0 Å². The van der Waals surface area contributed by atoms with Gasteiger partial charge in [0.1, 0.15) is 0 Å². The molecule has 1 aliphatic carbocycles. The van der Waals surface area contributed by atoms with Gasteiger partial charge in [-0.1, -0.05) is 28.1 Å². The summed E-state index contributed by atoms with van der Waals surface area (Å²) in [7, 11) is 0. The molecule has 2 aromatic carbocycles. The van der Waals surface area contributed by atoms with E-state index in [0.29, 0.717) is 12.6 Å². The van der Waals surface area contributed by atoms with E-state index in [-0.39, 0.29) is 0 Å². The first-order valence-electron chi connectivity index (χ1n) is 6.56. The largest absolute Gasteiger partial charge is 0.309 e. The third-order valence-electron chi connectivity index (χ3n) is 3.68. The molecule has 0 bridgehead atoms. The number of hydrogen-bond donors (Lipinski definition) is 1. The number of rotatable bonds is 3. The zero-order chi connectivity index (χ0) is 14.1. The molecule has 0 amide bonds. The van der Waals surface area contributed by atoms with E-state index in [1.807, 2.05) is 0 Å². The minimum Gasteiger partial charge on any atom is -0.309 e. The molecular weight excluding hydrogens is 324 g/mol. The SMILES string of the molecule is Fc1ccc(CNC2Cc3ccc(Br)cc3C2)cc1F. The lowest BCUT2D eigenvalue weighted by atomic mass is 10.1. The topological polar surface area (TPSA) is 12.0 Å². The van der Waals surface area contributed by atoms with Crippen LogP contribution in [0, 0.1) is 11.6 Å². The summed E-state index contributed by atoms with van der Waals surface area (Å²) < 4.78 is 27.1. The lowest BCUT2D eigenvalue weighted by Crippen LogP contribution is -2.29. The van der Waals surface area contributed by atoms with E-state index < -0.39 is 11.6 Å². The molecular formula is C16H14BrF2N. The quantitative estimate of drug-likeness (QED) is 0.893. The lowest BCUT2D eigenvalue weighted by Gasteiger charge is -2.12. The number of hydrogen-bond acceptors (Lipinski definition) is 1. The lowest BCUT2D eigenvalue weighted by molar-refractivity contribution is 0.500. The van der Waals surface area contributed by atoms with Gasteiger partial charge in [0, 0.05) is 17.1 Å². The van der Waals surface area contributed by atoms with Crippen molar-refractivity contribution in [2.45, 2.75) is 25.4 Å². The molecule has 1 nitrogen and oxygen atoms in total. The highest BCUT2D eigenvalue weighted by atomic mass is 79.9. The van der Waals surface area contributed by atoms with Crippen molar-refractivity contribution in [2.24, 2.45) is 0 Å². The molecule has 1 unspecified atom stereocenters. The second kappa shape index (κ2) is 5.62. The Morgan fingerprint density at radius 3 is 2.60 bits per heavy atom. The second-order valence-corrected chi connectivity index (χ2v) is 6.06. The van der Waals surface area contributed by atoms with Gasteiger partial charge in [0.05, 0.1) is 0 Å². The first kappa shape index (κ1) is 13.7. The van der Waals surface area contributed by atoms with Gasteiger partial charge < -0.3 is 5.32 Å². The third-order valence-corrected chi connectivity index (χ3v) is 4.17. The Kier molecular flexibility index (Phi) is 3.85.